The van der Waals surface area contributed by atoms with E-state index in [4.69, 9.17) is 23.2 Å². The lowest BCUT2D eigenvalue weighted by atomic mass is 9.84. The standard InChI is InChI=1S/C21H20Cl2N2O2/c22-16-6-4-15(5-7-16)21(27)9-12-24(13-10-21)20(26)14-25-11-8-17-18(23)2-1-3-19(17)25/h1-8,11,27H,9-10,12-14H2. The van der Waals surface area contributed by atoms with Gasteiger partial charge in [-0.15, -0.1) is 0 Å². The van der Waals surface area contributed by atoms with Gasteiger partial charge in [0.15, 0.2) is 0 Å². The van der Waals surface area contributed by atoms with Crippen LogP contribution in [0.15, 0.2) is 54.7 Å². The smallest absolute Gasteiger partial charge is 0.242 e. The van der Waals surface area contributed by atoms with E-state index in [-0.39, 0.29) is 12.5 Å². The van der Waals surface area contributed by atoms with Crippen molar-refractivity contribution in [3.05, 3.63) is 70.3 Å². The zero-order valence-electron chi connectivity index (χ0n) is 14.7. The number of nitrogens with zero attached hydrogens (tertiary/aromatic N) is 2. The molecule has 0 atom stereocenters. The second-order valence-electron chi connectivity index (χ2n) is 7.04. The summed E-state index contributed by atoms with van der Waals surface area (Å²) in [6.07, 6.45) is 2.92. The van der Waals surface area contributed by atoms with E-state index in [0.717, 1.165) is 16.5 Å². The highest BCUT2D eigenvalue weighted by molar-refractivity contribution is 6.35. The minimum atomic E-state index is -0.908. The number of aromatic nitrogens is 1. The molecular weight excluding hydrogens is 383 g/mol. The Morgan fingerprint density at radius 1 is 1.04 bits per heavy atom. The van der Waals surface area contributed by atoms with Crippen LogP contribution < -0.4 is 0 Å². The molecule has 2 aromatic carbocycles. The van der Waals surface area contributed by atoms with Gasteiger partial charge in [-0.3, -0.25) is 4.79 Å². The summed E-state index contributed by atoms with van der Waals surface area (Å²) in [5, 5.41) is 13.2. The van der Waals surface area contributed by atoms with Gasteiger partial charge in [0.1, 0.15) is 6.54 Å². The molecule has 1 aliphatic heterocycles. The summed E-state index contributed by atoms with van der Waals surface area (Å²) in [5.41, 5.74) is 0.894. The molecule has 0 radical (unpaired) electrons. The quantitative estimate of drug-likeness (QED) is 0.702. The van der Waals surface area contributed by atoms with Crippen molar-refractivity contribution < 1.29 is 9.90 Å². The summed E-state index contributed by atoms with van der Waals surface area (Å²) in [5.74, 6) is 0.0469. The number of benzene rings is 2. The molecule has 1 aromatic heterocycles. The molecule has 4 nitrogen and oxygen atoms in total. The molecule has 140 valence electrons. The molecule has 4 rings (SSSR count). The highest BCUT2D eigenvalue weighted by Gasteiger charge is 2.35. The third-order valence-electron chi connectivity index (χ3n) is 5.39. The van der Waals surface area contributed by atoms with Crippen molar-refractivity contribution in [2.75, 3.05) is 13.1 Å². The van der Waals surface area contributed by atoms with Crippen LogP contribution in [0.5, 0.6) is 0 Å². The molecule has 0 saturated carbocycles. The van der Waals surface area contributed by atoms with Crippen molar-refractivity contribution in [3.8, 4) is 0 Å². The molecule has 1 fully saturated rings. The molecule has 0 bridgehead atoms. The Kier molecular flexibility index (Phi) is 4.89. The number of halogens is 2. The number of hydrogen-bond acceptors (Lipinski definition) is 2. The first kappa shape index (κ1) is 18.4. The Bertz CT molecular complexity index is 974. The molecule has 1 amide bonds. The zero-order valence-corrected chi connectivity index (χ0v) is 16.2. The maximum Gasteiger partial charge on any atom is 0.242 e. The number of fused-ring (bicyclic) bond motifs is 1. The van der Waals surface area contributed by atoms with Gasteiger partial charge in [-0.05, 0) is 48.7 Å². The normalized spacial score (nSPS) is 16.6. The van der Waals surface area contributed by atoms with Crippen LogP contribution in [0.1, 0.15) is 18.4 Å². The number of piperidine rings is 1. The molecule has 2 heterocycles. The minimum absolute atomic E-state index is 0.0469. The summed E-state index contributed by atoms with van der Waals surface area (Å²) in [4.78, 5) is 14.6. The summed E-state index contributed by atoms with van der Waals surface area (Å²) in [7, 11) is 0. The third-order valence-corrected chi connectivity index (χ3v) is 5.97. The van der Waals surface area contributed by atoms with Crippen LogP contribution in [-0.4, -0.2) is 33.6 Å². The largest absolute Gasteiger partial charge is 0.385 e. The fourth-order valence-corrected chi connectivity index (χ4v) is 4.10. The summed E-state index contributed by atoms with van der Waals surface area (Å²) >= 11 is 12.1. The fraction of sp³-hybridized carbons (Fsp3) is 0.286. The van der Waals surface area contributed by atoms with Gasteiger partial charge < -0.3 is 14.6 Å². The van der Waals surface area contributed by atoms with Crippen LogP contribution >= 0.6 is 23.2 Å². The number of rotatable bonds is 3. The first-order chi connectivity index (χ1) is 13.0. The highest BCUT2D eigenvalue weighted by atomic mass is 35.5. The van der Waals surface area contributed by atoms with Crippen molar-refractivity contribution >= 4 is 40.0 Å². The van der Waals surface area contributed by atoms with Crippen LogP contribution in [0, 0.1) is 0 Å². The second-order valence-corrected chi connectivity index (χ2v) is 7.88. The van der Waals surface area contributed by atoms with Gasteiger partial charge in [-0.1, -0.05) is 41.4 Å². The molecule has 6 heteroatoms. The van der Waals surface area contributed by atoms with Gasteiger partial charge in [0.25, 0.3) is 0 Å². The molecule has 0 spiro atoms. The SMILES string of the molecule is O=C(Cn1ccc2c(Cl)cccc21)N1CCC(O)(c2ccc(Cl)cc2)CC1. The molecule has 1 N–H and O–H groups in total. The minimum Gasteiger partial charge on any atom is -0.385 e. The van der Waals surface area contributed by atoms with E-state index >= 15 is 0 Å². The molecule has 1 aliphatic rings. The van der Waals surface area contributed by atoms with Crippen molar-refractivity contribution in [3.63, 3.8) is 0 Å². The number of amides is 1. The summed E-state index contributed by atoms with van der Waals surface area (Å²) in [6.45, 7) is 1.32. The van der Waals surface area contributed by atoms with Crippen LogP contribution in [0.25, 0.3) is 10.9 Å². The van der Waals surface area contributed by atoms with Gasteiger partial charge in [0.05, 0.1) is 5.60 Å². The van der Waals surface area contributed by atoms with Crippen molar-refractivity contribution in [1.82, 2.24) is 9.47 Å². The van der Waals surface area contributed by atoms with Gasteiger partial charge >= 0.3 is 0 Å². The topological polar surface area (TPSA) is 45.5 Å². The third kappa shape index (κ3) is 3.57. The highest BCUT2D eigenvalue weighted by Crippen LogP contribution is 2.33. The van der Waals surface area contributed by atoms with E-state index in [1.807, 2.05) is 52.1 Å². The lowest BCUT2D eigenvalue weighted by Gasteiger charge is -2.38. The number of aliphatic hydroxyl groups is 1. The summed E-state index contributed by atoms with van der Waals surface area (Å²) in [6, 6.07) is 14.9. The lowest BCUT2D eigenvalue weighted by Crippen LogP contribution is -2.46. The van der Waals surface area contributed by atoms with E-state index in [1.165, 1.54) is 0 Å². The Labute approximate surface area is 167 Å². The number of likely N-dealkylation sites (tertiary alicyclic amines) is 1. The average Bonchev–Trinajstić information content (AvgIpc) is 3.07. The Morgan fingerprint density at radius 3 is 2.44 bits per heavy atom. The number of carbonyl (C=O) groups excluding carboxylic acids is 1. The first-order valence-electron chi connectivity index (χ1n) is 8.96. The molecular formula is C21H20Cl2N2O2. The fourth-order valence-electron chi connectivity index (χ4n) is 3.74. The van der Waals surface area contributed by atoms with Crippen LogP contribution in [-0.2, 0) is 16.9 Å². The Morgan fingerprint density at radius 2 is 1.74 bits per heavy atom. The maximum atomic E-state index is 12.8. The predicted octanol–water partition coefficient (Wildman–Crippen LogP) is 4.46. The van der Waals surface area contributed by atoms with Crippen molar-refractivity contribution in [1.29, 1.82) is 0 Å². The van der Waals surface area contributed by atoms with Gasteiger partial charge in [0, 0.05) is 40.2 Å². The van der Waals surface area contributed by atoms with Crippen LogP contribution in [0.2, 0.25) is 10.0 Å². The molecule has 1 saturated heterocycles. The summed E-state index contributed by atoms with van der Waals surface area (Å²) < 4.78 is 1.92. The average molecular weight is 403 g/mol. The van der Waals surface area contributed by atoms with Crippen molar-refractivity contribution in [2.45, 2.75) is 25.0 Å². The van der Waals surface area contributed by atoms with E-state index < -0.39 is 5.60 Å². The van der Waals surface area contributed by atoms with Gasteiger partial charge in [-0.25, -0.2) is 0 Å². The monoisotopic (exact) mass is 402 g/mol. The number of carbonyl (C=O) groups is 1. The molecule has 0 aliphatic carbocycles. The molecule has 3 aromatic rings. The first-order valence-corrected chi connectivity index (χ1v) is 9.71. The predicted molar refractivity (Wildman–Crippen MR) is 108 cm³/mol. The van der Waals surface area contributed by atoms with E-state index in [1.54, 1.807) is 12.1 Å². The van der Waals surface area contributed by atoms with E-state index in [9.17, 15) is 9.90 Å². The maximum absolute atomic E-state index is 12.8. The van der Waals surface area contributed by atoms with Crippen molar-refractivity contribution in [2.24, 2.45) is 0 Å². The molecule has 27 heavy (non-hydrogen) atoms. The van der Waals surface area contributed by atoms with Gasteiger partial charge in [0.2, 0.25) is 5.91 Å². The van der Waals surface area contributed by atoms with E-state index in [0.29, 0.717) is 36.0 Å². The van der Waals surface area contributed by atoms with Gasteiger partial charge in [-0.2, -0.15) is 0 Å². The van der Waals surface area contributed by atoms with Crippen LogP contribution in [0.4, 0.5) is 0 Å². The van der Waals surface area contributed by atoms with E-state index in [2.05, 4.69) is 0 Å². The Balaban J connectivity index is 1.44. The number of hydrogen-bond donors (Lipinski definition) is 1. The van der Waals surface area contributed by atoms with Crippen LogP contribution in [0.3, 0.4) is 0 Å². The lowest BCUT2D eigenvalue weighted by molar-refractivity contribution is -0.136. The Hall–Kier alpha value is -2.01. The second kappa shape index (κ2) is 7.19. The molecule has 0 unspecified atom stereocenters. The zero-order chi connectivity index (χ0) is 19.0.